The minimum absolute atomic E-state index is 0. The molecule has 0 bridgehead atoms. The summed E-state index contributed by atoms with van der Waals surface area (Å²) in [5.74, 6) is -0.364. The molecule has 0 saturated carbocycles. The Morgan fingerprint density at radius 1 is 1.38 bits per heavy atom. The van der Waals surface area contributed by atoms with Gasteiger partial charge in [-0.25, -0.2) is 4.79 Å². The Morgan fingerprint density at radius 2 is 1.75 bits per heavy atom. The third kappa shape index (κ3) is 24.4. The first-order chi connectivity index (χ1) is 6.72. The van der Waals surface area contributed by atoms with Crippen molar-refractivity contribution in [1.82, 2.24) is 0 Å². The molecule has 0 atom stereocenters. The van der Waals surface area contributed by atoms with E-state index < -0.39 is 0 Å². The molecule has 0 aromatic rings. The molecule has 3 nitrogen and oxygen atoms in total. The fraction of sp³-hybridized carbons (Fsp3) is 0.667. The molecule has 0 fully saturated rings. The SMILES string of the molecule is BrC(Br)(Br)Br.C.CCOC(=O)/C(C)=C/CO. The number of ether oxygens (including phenoxy) is 1. The van der Waals surface area contributed by atoms with Crippen molar-refractivity contribution >= 4 is 69.7 Å². The predicted molar refractivity (Wildman–Crippen MR) is 82.6 cm³/mol. The second-order valence-electron chi connectivity index (χ2n) is 2.22. The molecule has 0 aromatic heterocycles. The van der Waals surface area contributed by atoms with E-state index in [0.717, 1.165) is 0 Å². The zero-order valence-electron chi connectivity index (χ0n) is 8.27. The van der Waals surface area contributed by atoms with E-state index in [1.165, 1.54) is 6.08 Å². The summed E-state index contributed by atoms with van der Waals surface area (Å²) in [6, 6.07) is 0. The Labute approximate surface area is 131 Å². The van der Waals surface area contributed by atoms with Crippen LogP contribution in [0.15, 0.2) is 11.6 Å². The maximum atomic E-state index is 10.7. The van der Waals surface area contributed by atoms with Crippen molar-refractivity contribution in [1.29, 1.82) is 0 Å². The molecule has 0 aliphatic carbocycles. The first-order valence-electron chi connectivity index (χ1n) is 3.92. The zero-order chi connectivity index (χ0) is 12.5. The highest BCUT2D eigenvalue weighted by Crippen LogP contribution is 2.39. The van der Waals surface area contributed by atoms with Crippen molar-refractivity contribution in [3.8, 4) is 0 Å². The van der Waals surface area contributed by atoms with Crippen molar-refractivity contribution in [2.24, 2.45) is 0 Å². The standard InChI is InChI=1S/C7H12O3.CBr4.CH4/c1-3-10-7(9)6(2)4-5-8;2-1(3,4)5;/h4,8H,3,5H2,1-2H3;;1H4/b6-4+;;. The van der Waals surface area contributed by atoms with Crippen LogP contribution in [0, 0.1) is 0 Å². The van der Waals surface area contributed by atoms with Crippen LogP contribution in [-0.4, -0.2) is 25.3 Å². The van der Waals surface area contributed by atoms with E-state index in [4.69, 9.17) is 5.11 Å². The Morgan fingerprint density at radius 3 is 2.00 bits per heavy atom. The van der Waals surface area contributed by atoms with Gasteiger partial charge < -0.3 is 9.84 Å². The molecule has 7 heteroatoms. The lowest BCUT2D eigenvalue weighted by molar-refractivity contribution is -0.138. The van der Waals surface area contributed by atoms with Gasteiger partial charge in [-0.3, -0.25) is 0 Å². The minimum atomic E-state index is -0.364. The van der Waals surface area contributed by atoms with Gasteiger partial charge in [0.05, 0.1) is 13.2 Å². The van der Waals surface area contributed by atoms with Gasteiger partial charge in [-0.1, -0.05) is 7.43 Å². The molecule has 0 unspecified atom stereocenters. The van der Waals surface area contributed by atoms with Gasteiger partial charge in [0.1, 0.15) is 0 Å². The topological polar surface area (TPSA) is 46.5 Å². The average molecular weight is 492 g/mol. The van der Waals surface area contributed by atoms with Crippen LogP contribution >= 0.6 is 63.7 Å². The minimum Gasteiger partial charge on any atom is -0.463 e. The zero-order valence-corrected chi connectivity index (χ0v) is 14.6. The number of aliphatic hydroxyl groups is 1. The van der Waals surface area contributed by atoms with Crippen LogP contribution in [0.3, 0.4) is 0 Å². The molecule has 0 spiro atoms. The van der Waals surface area contributed by atoms with E-state index in [9.17, 15) is 4.79 Å². The van der Waals surface area contributed by atoms with Crippen LogP contribution in [-0.2, 0) is 9.53 Å². The van der Waals surface area contributed by atoms with Gasteiger partial charge >= 0.3 is 5.97 Å². The molecular formula is C9H16Br4O3. The highest BCUT2D eigenvalue weighted by atomic mass is 80.0. The van der Waals surface area contributed by atoms with Crippen molar-refractivity contribution in [2.45, 2.75) is 22.3 Å². The largest absolute Gasteiger partial charge is 0.463 e. The van der Waals surface area contributed by atoms with Gasteiger partial charge in [0.15, 0.2) is 1.05 Å². The lowest BCUT2D eigenvalue weighted by atomic mass is 10.3. The molecule has 16 heavy (non-hydrogen) atoms. The summed E-state index contributed by atoms with van der Waals surface area (Å²) >= 11 is 12.5. The summed E-state index contributed by atoms with van der Waals surface area (Å²) in [6.45, 7) is 3.60. The van der Waals surface area contributed by atoms with Crippen molar-refractivity contribution < 1.29 is 14.6 Å². The lowest BCUT2D eigenvalue weighted by Gasteiger charge is -1.99. The van der Waals surface area contributed by atoms with Crippen LogP contribution in [0.5, 0.6) is 0 Å². The number of aliphatic hydroxyl groups excluding tert-OH is 1. The first kappa shape index (κ1) is 22.3. The molecule has 0 aliphatic rings. The van der Waals surface area contributed by atoms with Crippen molar-refractivity contribution in [3.63, 3.8) is 0 Å². The van der Waals surface area contributed by atoms with Crippen LogP contribution in [0.4, 0.5) is 0 Å². The van der Waals surface area contributed by atoms with Gasteiger partial charge in [0.2, 0.25) is 0 Å². The molecule has 0 aliphatic heterocycles. The summed E-state index contributed by atoms with van der Waals surface area (Å²) < 4.78 is 4.39. The summed E-state index contributed by atoms with van der Waals surface area (Å²) in [5.41, 5.74) is 0.448. The van der Waals surface area contributed by atoms with Gasteiger partial charge in [-0.2, -0.15) is 0 Å². The summed E-state index contributed by atoms with van der Waals surface area (Å²) in [5, 5.41) is 8.37. The molecule has 0 rings (SSSR count). The number of carbonyl (C=O) groups excluding carboxylic acids is 1. The average Bonchev–Trinajstić information content (AvgIpc) is 2.02. The van der Waals surface area contributed by atoms with E-state index in [0.29, 0.717) is 12.2 Å². The fourth-order valence-electron chi connectivity index (χ4n) is 0.465. The highest BCUT2D eigenvalue weighted by molar-refractivity contribution is 9.52. The van der Waals surface area contributed by atoms with Gasteiger partial charge in [0, 0.05) is 5.57 Å². The van der Waals surface area contributed by atoms with Crippen molar-refractivity contribution in [3.05, 3.63) is 11.6 Å². The Hall–Kier alpha value is 1.09. The monoisotopic (exact) mass is 488 g/mol. The molecule has 98 valence electrons. The number of alkyl halides is 4. The second-order valence-corrected chi connectivity index (χ2v) is 13.4. The Bertz CT molecular complexity index is 205. The predicted octanol–water partition coefficient (Wildman–Crippen LogP) is 4.30. The van der Waals surface area contributed by atoms with E-state index in [1.807, 2.05) is 0 Å². The summed E-state index contributed by atoms with van der Waals surface area (Å²) in [7, 11) is 0. The normalized spacial score (nSPS) is 10.8. The van der Waals surface area contributed by atoms with Crippen molar-refractivity contribution in [2.75, 3.05) is 13.2 Å². The molecule has 0 heterocycles. The van der Waals surface area contributed by atoms with Gasteiger partial charge in [-0.05, 0) is 83.6 Å². The molecule has 0 saturated heterocycles. The molecule has 0 aromatic carbocycles. The van der Waals surface area contributed by atoms with Crippen LogP contribution in [0.1, 0.15) is 21.3 Å². The third-order valence-electron chi connectivity index (χ3n) is 0.995. The Kier molecular flexibility index (Phi) is 17.5. The van der Waals surface area contributed by atoms with E-state index in [2.05, 4.69) is 68.5 Å². The highest BCUT2D eigenvalue weighted by Gasteiger charge is 2.08. The van der Waals surface area contributed by atoms with Gasteiger partial charge in [-0.15, -0.1) is 0 Å². The maximum absolute atomic E-state index is 10.7. The fourth-order valence-corrected chi connectivity index (χ4v) is 0.465. The number of hydrogen-bond acceptors (Lipinski definition) is 3. The molecule has 1 N–H and O–H groups in total. The number of carbonyl (C=O) groups is 1. The third-order valence-corrected chi connectivity index (χ3v) is 0.995. The summed E-state index contributed by atoms with van der Waals surface area (Å²) in [4.78, 5) is 10.7. The lowest BCUT2D eigenvalue weighted by Crippen LogP contribution is -2.05. The van der Waals surface area contributed by atoms with E-state index >= 15 is 0 Å². The van der Waals surface area contributed by atoms with Crippen LogP contribution < -0.4 is 0 Å². The van der Waals surface area contributed by atoms with E-state index in [1.54, 1.807) is 13.8 Å². The Balaban J connectivity index is -0.000000242. The number of halogens is 4. The number of rotatable bonds is 3. The smallest absolute Gasteiger partial charge is 0.333 e. The number of hydrogen-bond donors (Lipinski definition) is 1. The van der Waals surface area contributed by atoms with Crippen LogP contribution in [0.2, 0.25) is 0 Å². The molecule has 0 radical (unpaired) electrons. The summed E-state index contributed by atoms with van der Waals surface area (Å²) in [6.07, 6.45) is 1.41. The number of esters is 1. The van der Waals surface area contributed by atoms with Crippen LogP contribution in [0.25, 0.3) is 0 Å². The van der Waals surface area contributed by atoms with Gasteiger partial charge in [0.25, 0.3) is 0 Å². The first-order valence-corrected chi connectivity index (χ1v) is 7.10. The maximum Gasteiger partial charge on any atom is 0.333 e. The second kappa shape index (κ2) is 12.5. The van der Waals surface area contributed by atoms with E-state index in [-0.39, 0.29) is 21.1 Å². The quantitative estimate of drug-likeness (QED) is 0.364. The molecule has 0 amide bonds. The molecular weight excluding hydrogens is 476 g/mol.